The van der Waals surface area contributed by atoms with Gasteiger partial charge in [-0.05, 0) is 57.2 Å². The number of phenols is 3. The summed E-state index contributed by atoms with van der Waals surface area (Å²) in [6, 6.07) is 20.5. The van der Waals surface area contributed by atoms with Gasteiger partial charge >= 0.3 is 17.9 Å². The first-order chi connectivity index (χ1) is 30.3. The zero-order valence-electron chi connectivity index (χ0n) is 35.4. The Hall–Kier alpha value is -7.47. The number of hydrogen-bond acceptors (Lipinski definition) is 17. The van der Waals surface area contributed by atoms with E-state index in [1.54, 1.807) is 30.3 Å². The Kier molecular flexibility index (Phi) is 19.7. The first-order valence-electron chi connectivity index (χ1n) is 19.3. The van der Waals surface area contributed by atoms with Gasteiger partial charge in [0.2, 0.25) is 0 Å². The van der Waals surface area contributed by atoms with Gasteiger partial charge in [0.25, 0.3) is 0 Å². The van der Waals surface area contributed by atoms with Crippen molar-refractivity contribution in [2.75, 3.05) is 39.6 Å². The molecule has 0 fully saturated rings. The Bertz CT molecular complexity index is 2230. The van der Waals surface area contributed by atoms with E-state index in [1.165, 1.54) is 63.2 Å². The molecule has 4 aromatic carbocycles. The smallest absolute Gasteiger partial charge is 0.333 e. The van der Waals surface area contributed by atoms with Crippen LogP contribution < -0.4 is 14.2 Å². The van der Waals surface area contributed by atoms with E-state index >= 15 is 0 Å². The van der Waals surface area contributed by atoms with Crippen LogP contribution in [0.1, 0.15) is 52.6 Å². The molecular formula is C47H50O17. The van der Waals surface area contributed by atoms with Crippen LogP contribution in [0.25, 0.3) is 0 Å². The number of phenolic OH excluding ortho intramolecular Hbond substituents is 3. The van der Waals surface area contributed by atoms with Crippen LogP contribution in [0, 0.1) is 0 Å². The number of carbonyl (C=O) groups excluding carboxylic acids is 5. The van der Waals surface area contributed by atoms with Crippen LogP contribution in [0.4, 0.5) is 0 Å². The largest absolute Gasteiger partial charge is 0.507 e. The van der Waals surface area contributed by atoms with E-state index in [9.17, 15) is 54.6 Å². The van der Waals surface area contributed by atoms with Crippen molar-refractivity contribution in [1.29, 1.82) is 0 Å². The van der Waals surface area contributed by atoms with Gasteiger partial charge in [-0.3, -0.25) is 9.59 Å². The molecule has 0 aliphatic heterocycles. The van der Waals surface area contributed by atoms with Crippen molar-refractivity contribution in [3.8, 4) is 34.5 Å². The average Bonchev–Trinajstić information content (AvgIpc) is 3.26. The molecule has 64 heavy (non-hydrogen) atoms. The number of hydrogen-bond donors (Lipinski definition) is 6. The molecule has 0 bridgehead atoms. The van der Waals surface area contributed by atoms with E-state index in [0.717, 1.165) is 12.1 Å². The monoisotopic (exact) mass is 886 g/mol. The fraction of sp³-hybridized carbons (Fsp3) is 0.255. The highest BCUT2D eigenvalue weighted by molar-refractivity contribution is 6.12. The van der Waals surface area contributed by atoms with Crippen molar-refractivity contribution in [3.63, 3.8) is 0 Å². The second kappa shape index (κ2) is 24.8. The molecule has 6 N–H and O–H groups in total. The summed E-state index contributed by atoms with van der Waals surface area (Å²) in [4.78, 5) is 59.2. The lowest BCUT2D eigenvalue weighted by molar-refractivity contribution is -0.143. The van der Waals surface area contributed by atoms with Crippen molar-refractivity contribution in [2.45, 2.75) is 39.1 Å². The van der Waals surface area contributed by atoms with Crippen LogP contribution in [-0.2, 0) is 28.6 Å². The van der Waals surface area contributed by atoms with Crippen molar-refractivity contribution in [1.82, 2.24) is 0 Å². The topological polar surface area (TPSA) is 262 Å². The summed E-state index contributed by atoms with van der Waals surface area (Å²) in [5.41, 5.74) is 0.995. The molecule has 3 atom stereocenters. The highest BCUT2D eigenvalue weighted by Crippen LogP contribution is 2.31. The molecule has 0 radical (unpaired) electrons. The number of esters is 3. The summed E-state index contributed by atoms with van der Waals surface area (Å²) in [7, 11) is 0. The molecule has 0 saturated heterocycles. The first-order valence-corrected chi connectivity index (χ1v) is 19.3. The van der Waals surface area contributed by atoms with Crippen molar-refractivity contribution < 1.29 is 83.0 Å². The normalized spacial score (nSPS) is 11.8. The van der Waals surface area contributed by atoms with Gasteiger partial charge in [0.1, 0.15) is 92.5 Å². The lowest BCUT2D eigenvalue weighted by Crippen LogP contribution is -2.25. The van der Waals surface area contributed by atoms with Gasteiger partial charge in [0.05, 0.1) is 16.7 Å². The quantitative estimate of drug-likeness (QED) is 0.0274. The number of aliphatic hydroxyl groups excluding tert-OH is 3. The highest BCUT2D eigenvalue weighted by Gasteiger charge is 2.20. The number of carbonyl (C=O) groups is 5. The number of aliphatic hydroxyl groups is 3. The summed E-state index contributed by atoms with van der Waals surface area (Å²) >= 11 is 0. The molecular weight excluding hydrogens is 836 g/mol. The predicted molar refractivity (Wildman–Crippen MR) is 229 cm³/mol. The van der Waals surface area contributed by atoms with E-state index in [2.05, 4.69) is 19.7 Å². The van der Waals surface area contributed by atoms with Crippen LogP contribution in [0.3, 0.4) is 0 Å². The van der Waals surface area contributed by atoms with Gasteiger partial charge in [0.15, 0.2) is 11.6 Å². The Morgan fingerprint density at radius 3 is 1.03 bits per heavy atom. The Morgan fingerprint density at radius 1 is 0.453 bits per heavy atom. The standard InChI is InChI=1S/C27H30O11.C20H20O6/c1-15(2)26(33)37-13-17(28)11-35-19-5-7-21(23(30)9-19)25(32)22-8-6-20(10-24(22)31)36-12-18(29)14-38-27(34)16(3)4;1-13(2)20(24)26-12-15(21)11-25-16-8-9-17(18(22)10-16)19(23)14-6-4-3-5-7-14/h5-10,17-18,28-31H,1,3,11-14H2,2,4H3;3-10,15,21-22H,1,11-12H2,2H3. The summed E-state index contributed by atoms with van der Waals surface area (Å²) in [6.07, 6.45) is -3.30. The van der Waals surface area contributed by atoms with Gasteiger partial charge in [-0.25, -0.2) is 14.4 Å². The van der Waals surface area contributed by atoms with Gasteiger partial charge in [-0.15, -0.1) is 0 Å². The maximum Gasteiger partial charge on any atom is 0.333 e. The molecule has 17 nitrogen and oxygen atoms in total. The Morgan fingerprint density at radius 2 is 0.750 bits per heavy atom. The predicted octanol–water partition coefficient (Wildman–Crippen LogP) is 4.53. The van der Waals surface area contributed by atoms with Gasteiger partial charge in [0, 0.05) is 40.5 Å². The lowest BCUT2D eigenvalue weighted by Gasteiger charge is -2.14. The van der Waals surface area contributed by atoms with Gasteiger partial charge in [-0.2, -0.15) is 0 Å². The summed E-state index contributed by atoms with van der Waals surface area (Å²) in [6.45, 7) is 13.3. The molecule has 3 unspecified atom stereocenters. The number of ether oxygens (including phenoxy) is 6. The minimum Gasteiger partial charge on any atom is -0.507 e. The fourth-order valence-electron chi connectivity index (χ4n) is 4.88. The van der Waals surface area contributed by atoms with Crippen LogP contribution >= 0.6 is 0 Å². The molecule has 17 heteroatoms. The fourth-order valence-corrected chi connectivity index (χ4v) is 4.88. The van der Waals surface area contributed by atoms with Crippen molar-refractivity contribution in [2.24, 2.45) is 0 Å². The second-order valence-corrected chi connectivity index (χ2v) is 14.1. The van der Waals surface area contributed by atoms with E-state index in [0.29, 0.717) is 5.56 Å². The van der Waals surface area contributed by atoms with Crippen molar-refractivity contribution in [3.05, 3.63) is 144 Å². The number of benzene rings is 4. The minimum atomic E-state index is -1.13. The number of aromatic hydroxyl groups is 3. The Labute approximate surface area is 368 Å². The molecule has 0 saturated carbocycles. The molecule has 4 aromatic rings. The van der Waals surface area contributed by atoms with Crippen LogP contribution in [0.15, 0.2) is 121 Å². The number of rotatable bonds is 22. The molecule has 0 aromatic heterocycles. The number of ketones is 2. The maximum absolute atomic E-state index is 12.9. The van der Waals surface area contributed by atoms with E-state index < -0.39 is 53.5 Å². The molecule has 0 aliphatic rings. The van der Waals surface area contributed by atoms with Crippen LogP contribution in [-0.4, -0.2) is 118 Å². The average molecular weight is 887 g/mol. The molecule has 0 spiro atoms. The molecule has 0 heterocycles. The van der Waals surface area contributed by atoms with E-state index in [4.69, 9.17) is 28.4 Å². The third-order valence-electron chi connectivity index (χ3n) is 8.27. The van der Waals surface area contributed by atoms with E-state index in [-0.39, 0.29) is 102 Å². The molecule has 340 valence electrons. The van der Waals surface area contributed by atoms with Crippen molar-refractivity contribution >= 4 is 29.5 Å². The lowest BCUT2D eigenvalue weighted by atomic mass is 10.0. The third kappa shape index (κ3) is 16.4. The maximum atomic E-state index is 12.9. The molecule has 0 aliphatic carbocycles. The second-order valence-electron chi connectivity index (χ2n) is 14.1. The SMILES string of the molecule is C=C(C)C(=O)OCC(O)COc1ccc(C(=O)c2ccc(OCC(O)COC(=O)C(=C)C)cc2O)c(O)c1.C=C(C)C(=O)OCC(O)COc1ccc(C(=O)c2ccccc2)c(O)c1. The van der Waals surface area contributed by atoms with Crippen LogP contribution in [0.5, 0.6) is 34.5 Å². The third-order valence-corrected chi connectivity index (χ3v) is 8.27. The van der Waals surface area contributed by atoms with Gasteiger partial charge < -0.3 is 59.1 Å². The summed E-state index contributed by atoms with van der Waals surface area (Å²) in [5.74, 6) is -3.39. The summed E-state index contributed by atoms with van der Waals surface area (Å²) < 4.78 is 30.5. The van der Waals surface area contributed by atoms with Gasteiger partial charge in [-0.1, -0.05) is 50.1 Å². The molecule has 0 amide bonds. The summed E-state index contributed by atoms with van der Waals surface area (Å²) in [5, 5.41) is 60.2. The first kappa shape index (κ1) is 50.9. The zero-order valence-corrected chi connectivity index (χ0v) is 35.4. The Balaban J connectivity index is 0.000000365. The highest BCUT2D eigenvalue weighted by atomic mass is 16.6. The van der Waals surface area contributed by atoms with E-state index in [1.807, 2.05) is 0 Å². The zero-order chi connectivity index (χ0) is 47.5. The molecule has 4 rings (SSSR count). The minimum absolute atomic E-state index is 0.119. The van der Waals surface area contributed by atoms with Crippen LogP contribution in [0.2, 0.25) is 0 Å².